The molecule has 0 aliphatic heterocycles. The van der Waals surface area contributed by atoms with Gasteiger partial charge in [0, 0.05) is 13.2 Å². The highest BCUT2D eigenvalue weighted by Gasteiger charge is 1.98. The maximum atomic E-state index is 5.11. The molecule has 2 aromatic heterocycles. The third-order valence-electron chi connectivity index (χ3n) is 1.59. The van der Waals surface area contributed by atoms with Crippen LogP contribution < -0.4 is 0 Å². The minimum atomic E-state index is 0.896. The second kappa shape index (κ2) is 2.39. The summed E-state index contributed by atoms with van der Waals surface area (Å²) in [6.45, 7) is 0. The topological polar surface area (TPSA) is 17.8 Å². The van der Waals surface area contributed by atoms with Crippen LogP contribution >= 0.6 is 23.6 Å². The number of pyridine rings is 1. The third kappa shape index (κ3) is 0.985. The molecule has 0 radical (unpaired) electrons. The maximum absolute atomic E-state index is 5.11. The number of aryl methyl sites for hydroxylation is 1. The Morgan fingerprint density at radius 3 is 3.18 bits per heavy atom. The molecule has 56 valence electrons. The molecule has 0 aromatic carbocycles. The van der Waals surface area contributed by atoms with Crippen molar-refractivity contribution < 1.29 is 0 Å². The Labute approximate surface area is 73.1 Å². The fourth-order valence-corrected chi connectivity index (χ4v) is 2.19. The van der Waals surface area contributed by atoms with Crippen molar-refractivity contribution in [3.8, 4) is 0 Å². The first-order chi connectivity index (χ1) is 5.29. The normalized spacial score (nSPS) is 10.6. The Kier molecular flexibility index (Phi) is 1.51. The smallest absolute Gasteiger partial charge is 0.161 e. The molecule has 0 bridgehead atoms. The van der Waals surface area contributed by atoms with Crippen LogP contribution in [-0.2, 0) is 7.05 Å². The van der Waals surface area contributed by atoms with Gasteiger partial charge in [-0.2, -0.15) is 0 Å². The largest absolute Gasteiger partial charge is 0.325 e. The lowest BCUT2D eigenvalue weighted by Gasteiger charge is -1.90. The molecule has 2 rings (SSSR count). The summed E-state index contributed by atoms with van der Waals surface area (Å²) in [6.07, 6.45) is 3.62. The summed E-state index contributed by atoms with van der Waals surface area (Å²) < 4.78 is 4.07. The Bertz CT molecular complexity index is 441. The van der Waals surface area contributed by atoms with Crippen molar-refractivity contribution in [3.05, 3.63) is 22.4 Å². The monoisotopic (exact) mass is 182 g/mol. The number of hydrogen-bond donors (Lipinski definition) is 0. The summed E-state index contributed by atoms with van der Waals surface area (Å²) in [5.74, 6) is 0. The van der Waals surface area contributed by atoms with E-state index in [0.29, 0.717) is 0 Å². The molecule has 0 amide bonds. The van der Waals surface area contributed by atoms with Gasteiger partial charge in [-0.15, -0.1) is 11.3 Å². The number of rotatable bonds is 0. The molecule has 0 aliphatic carbocycles. The third-order valence-corrected chi connectivity index (χ3v) is 3.13. The standard InChI is InChI=1S/C7H6N2S2/c1-9-5-4-8-3-2-6(5)11-7(9)10/h2-4H,1H3. The van der Waals surface area contributed by atoms with E-state index in [4.69, 9.17) is 12.2 Å². The molecular formula is C7H6N2S2. The van der Waals surface area contributed by atoms with Crippen molar-refractivity contribution in [1.29, 1.82) is 0 Å². The lowest BCUT2D eigenvalue weighted by molar-refractivity contribution is 0.959. The highest BCUT2D eigenvalue weighted by atomic mass is 32.1. The van der Waals surface area contributed by atoms with E-state index in [1.54, 1.807) is 17.5 Å². The van der Waals surface area contributed by atoms with Gasteiger partial charge >= 0.3 is 0 Å². The van der Waals surface area contributed by atoms with E-state index in [0.717, 1.165) is 9.47 Å². The molecule has 0 saturated carbocycles. The molecule has 2 heterocycles. The fraction of sp³-hybridized carbons (Fsp3) is 0.143. The van der Waals surface area contributed by atoms with Crippen molar-refractivity contribution in [2.45, 2.75) is 0 Å². The minimum Gasteiger partial charge on any atom is -0.325 e. The Morgan fingerprint density at radius 1 is 1.64 bits per heavy atom. The lowest BCUT2D eigenvalue weighted by Crippen LogP contribution is -1.85. The molecule has 2 nitrogen and oxygen atoms in total. The van der Waals surface area contributed by atoms with Crippen LogP contribution in [-0.4, -0.2) is 9.55 Å². The molecule has 4 heteroatoms. The van der Waals surface area contributed by atoms with E-state index in [1.165, 1.54) is 4.70 Å². The zero-order chi connectivity index (χ0) is 7.84. The number of thiazole rings is 1. The first-order valence-electron chi connectivity index (χ1n) is 3.18. The first kappa shape index (κ1) is 6.94. The van der Waals surface area contributed by atoms with Gasteiger partial charge in [-0.3, -0.25) is 4.98 Å². The van der Waals surface area contributed by atoms with Crippen molar-refractivity contribution in [1.82, 2.24) is 9.55 Å². The van der Waals surface area contributed by atoms with Crippen molar-refractivity contribution in [3.63, 3.8) is 0 Å². The molecule has 0 saturated heterocycles. The van der Waals surface area contributed by atoms with E-state index in [9.17, 15) is 0 Å². The summed E-state index contributed by atoms with van der Waals surface area (Å²) in [6, 6.07) is 1.98. The predicted octanol–water partition coefficient (Wildman–Crippen LogP) is 2.36. The second-order valence-corrected chi connectivity index (χ2v) is 3.95. The van der Waals surface area contributed by atoms with Gasteiger partial charge in [0.1, 0.15) is 0 Å². The Morgan fingerprint density at radius 2 is 2.45 bits per heavy atom. The van der Waals surface area contributed by atoms with Crippen LogP contribution in [0.5, 0.6) is 0 Å². The van der Waals surface area contributed by atoms with Crippen molar-refractivity contribution in [2.24, 2.45) is 7.05 Å². The van der Waals surface area contributed by atoms with Crippen LogP contribution in [0.25, 0.3) is 10.2 Å². The summed E-state index contributed by atoms with van der Waals surface area (Å²) in [7, 11) is 1.96. The summed E-state index contributed by atoms with van der Waals surface area (Å²) in [5.41, 5.74) is 1.11. The molecule has 0 spiro atoms. The number of aromatic nitrogens is 2. The Balaban J connectivity index is 3.04. The van der Waals surface area contributed by atoms with Crippen LogP contribution in [0.1, 0.15) is 0 Å². The zero-order valence-electron chi connectivity index (χ0n) is 5.94. The number of nitrogens with zero attached hydrogens (tertiary/aromatic N) is 2. The van der Waals surface area contributed by atoms with Gasteiger partial charge in [0.15, 0.2) is 3.95 Å². The van der Waals surface area contributed by atoms with Crippen molar-refractivity contribution >= 4 is 33.8 Å². The van der Waals surface area contributed by atoms with Crippen molar-refractivity contribution in [2.75, 3.05) is 0 Å². The highest BCUT2D eigenvalue weighted by molar-refractivity contribution is 7.73. The van der Waals surface area contributed by atoms with Gasteiger partial charge in [-0.05, 0) is 18.3 Å². The molecule has 11 heavy (non-hydrogen) atoms. The van der Waals surface area contributed by atoms with Gasteiger partial charge < -0.3 is 4.57 Å². The van der Waals surface area contributed by atoms with Crippen LogP contribution in [0.4, 0.5) is 0 Å². The zero-order valence-corrected chi connectivity index (χ0v) is 7.58. The average molecular weight is 182 g/mol. The summed E-state index contributed by atoms with van der Waals surface area (Å²) in [5, 5.41) is 0. The first-order valence-corrected chi connectivity index (χ1v) is 4.41. The van der Waals surface area contributed by atoms with Crippen LogP contribution in [0, 0.1) is 3.95 Å². The molecular weight excluding hydrogens is 176 g/mol. The van der Waals surface area contributed by atoms with E-state index < -0.39 is 0 Å². The molecule has 0 N–H and O–H groups in total. The number of hydrogen-bond acceptors (Lipinski definition) is 3. The second-order valence-electron chi connectivity index (χ2n) is 2.27. The van der Waals surface area contributed by atoms with Crippen LogP contribution in [0.2, 0.25) is 0 Å². The van der Waals surface area contributed by atoms with E-state index in [2.05, 4.69) is 4.98 Å². The summed E-state index contributed by atoms with van der Waals surface area (Å²) >= 11 is 6.72. The highest BCUT2D eigenvalue weighted by Crippen LogP contribution is 2.19. The van der Waals surface area contributed by atoms with Gasteiger partial charge in [-0.1, -0.05) is 0 Å². The molecule has 0 fully saturated rings. The molecule has 0 aliphatic rings. The summed E-state index contributed by atoms with van der Waals surface area (Å²) in [4.78, 5) is 4.03. The van der Waals surface area contributed by atoms with Gasteiger partial charge in [0.25, 0.3) is 0 Å². The molecule has 0 unspecified atom stereocenters. The van der Waals surface area contributed by atoms with E-state index in [1.807, 2.05) is 23.9 Å². The fourth-order valence-electron chi connectivity index (χ4n) is 0.972. The van der Waals surface area contributed by atoms with Crippen LogP contribution in [0.3, 0.4) is 0 Å². The van der Waals surface area contributed by atoms with Gasteiger partial charge in [0.2, 0.25) is 0 Å². The molecule has 0 atom stereocenters. The van der Waals surface area contributed by atoms with Gasteiger partial charge in [-0.25, -0.2) is 0 Å². The van der Waals surface area contributed by atoms with Gasteiger partial charge in [0.05, 0.1) is 16.4 Å². The molecule has 2 aromatic rings. The minimum absolute atomic E-state index is 0.896. The lowest BCUT2D eigenvalue weighted by atomic mass is 10.4. The maximum Gasteiger partial charge on any atom is 0.161 e. The number of fused-ring (bicyclic) bond motifs is 1. The van der Waals surface area contributed by atoms with Crippen LogP contribution in [0.15, 0.2) is 18.5 Å². The van der Waals surface area contributed by atoms with E-state index >= 15 is 0 Å². The van der Waals surface area contributed by atoms with E-state index in [-0.39, 0.29) is 0 Å². The average Bonchev–Trinajstić information content (AvgIpc) is 2.30. The Hall–Kier alpha value is -0.740. The quantitative estimate of drug-likeness (QED) is 0.582. The predicted molar refractivity (Wildman–Crippen MR) is 49.4 cm³/mol. The SMILES string of the molecule is Cn1c(=S)sc2ccncc21.